The number of hydrogen-bond donors (Lipinski definition) is 1. The first-order valence-corrected chi connectivity index (χ1v) is 7.26. The number of halogens is 1. The Bertz CT molecular complexity index is 927. The van der Waals surface area contributed by atoms with Crippen LogP contribution in [0.25, 0.3) is 10.2 Å². The highest BCUT2D eigenvalue weighted by Gasteiger charge is 2.14. The van der Waals surface area contributed by atoms with E-state index in [1.165, 1.54) is 23.5 Å². The average molecular weight is 311 g/mol. The molecule has 0 saturated carbocycles. The Balaban J connectivity index is 1.88. The molecule has 0 atom stereocenters. The summed E-state index contributed by atoms with van der Waals surface area (Å²) in [7, 11) is 0. The third-order valence-corrected chi connectivity index (χ3v) is 4.04. The molecule has 0 saturated heterocycles. The molecule has 0 aliphatic heterocycles. The average Bonchev–Trinajstić information content (AvgIpc) is 2.88. The fraction of sp³-hybridized carbons (Fsp3) is 0.0625. The van der Waals surface area contributed by atoms with Crippen LogP contribution in [0.3, 0.4) is 0 Å². The lowest BCUT2D eigenvalue weighted by molar-refractivity contribution is 0.102. The van der Waals surface area contributed by atoms with Gasteiger partial charge in [-0.2, -0.15) is 5.26 Å². The van der Waals surface area contributed by atoms with Gasteiger partial charge in [-0.1, -0.05) is 17.4 Å². The van der Waals surface area contributed by atoms with Gasteiger partial charge in [0.15, 0.2) is 5.13 Å². The van der Waals surface area contributed by atoms with E-state index in [-0.39, 0.29) is 11.1 Å². The van der Waals surface area contributed by atoms with E-state index in [9.17, 15) is 9.18 Å². The van der Waals surface area contributed by atoms with Gasteiger partial charge in [0, 0.05) is 0 Å². The van der Waals surface area contributed by atoms with Crippen molar-refractivity contribution in [3.63, 3.8) is 0 Å². The Kier molecular flexibility index (Phi) is 3.57. The van der Waals surface area contributed by atoms with Crippen molar-refractivity contribution in [2.45, 2.75) is 6.92 Å². The standard InChI is InChI=1S/C16H10FN3OS/c1-9-2-5-13-14(6-9)22-16(19-13)20-15(21)11-4-3-10(8-18)7-12(11)17/h2-7H,1H3,(H,19,20,21). The Morgan fingerprint density at radius 3 is 2.86 bits per heavy atom. The molecule has 22 heavy (non-hydrogen) atoms. The topological polar surface area (TPSA) is 65.8 Å². The highest BCUT2D eigenvalue weighted by Crippen LogP contribution is 2.27. The van der Waals surface area contributed by atoms with Crippen LogP contribution in [0.2, 0.25) is 0 Å². The maximum Gasteiger partial charge on any atom is 0.260 e. The van der Waals surface area contributed by atoms with Crippen LogP contribution < -0.4 is 5.32 Å². The van der Waals surface area contributed by atoms with Crippen LogP contribution in [0.1, 0.15) is 21.5 Å². The number of fused-ring (bicyclic) bond motifs is 1. The molecule has 0 fully saturated rings. The lowest BCUT2D eigenvalue weighted by Crippen LogP contribution is -2.13. The predicted molar refractivity (Wildman–Crippen MR) is 83.4 cm³/mol. The molecule has 2 aromatic carbocycles. The van der Waals surface area contributed by atoms with Crippen molar-refractivity contribution in [2.75, 3.05) is 5.32 Å². The van der Waals surface area contributed by atoms with E-state index in [0.717, 1.165) is 21.8 Å². The van der Waals surface area contributed by atoms with E-state index >= 15 is 0 Å². The van der Waals surface area contributed by atoms with Crippen molar-refractivity contribution in [1.82, 2.24) is 4.98 Å². The number of rotatable bonds is 2. The number of benzene rings is 2. The van der Waals surface area contributed by atoms with Crippen LogP contribution in [0.4, 0.5) is 9.52 Å². The first kappa shape index (κ1) is 14.2. The molecule has 108 valence electrons. The first-order chi connectivity index (χ1) is 10.6. The third-order valence-electron chi connectivity index (χ3n) is 3.11. The predicted octanol–water partition coefficient (Wildman–Crippen LogP) is 3.87. The summed E-state index contributed by atoms with van der Waals surface area (Å²) >= 11 is 1.33. The van der Waals surface area contributed by atoms with Gasteiger partial charge < -0.3 is 0 Å². The molecule has 6 heteroatoms. The zero-order valence-electron chi connectivity index (χ0n) is 11.6. The van der Waals surface area contributed by atoms with Crippen molar-refractivity contribution >= 4 is 32.6 Å². The molecule has 4 nitrogen and oxygen atoms in total. The normalized spacial score (nSPS) is 10.4. The number of nitriles is 1. The lowest BCUT2D eigenvalue weighted by Gasteiger charge is -2.03. The molecule has 1 N–H and O–H groups in total. The summed E-state index contributed by atoms with van der Waals surface area (Å²) in [4.78, 5) is 16.4. The lowest BCUT2D eigenvalue weighted by atomic mass is 10.1. The summed E-state index contributed by atoms with van der Waals surface area (Å²) in [5.41, 5.74) is 1.94. The van der Waals surface area contributed by atoms with Crippen LogP contribution in [0.5, 0.6) is 0 Å². The number of anilines is 1. The monoisotopic (exact) mass is 311 g/mol. The second-order valence-corrected chi connectivity index (χ2v) is 5.78. The number of carbonyl (C=O) groups is 1. The highest BCUT2D eigenvalue weighted by molar-refractivity contribution is 7.22. The largest absolute Gasteiger partial charge is 0.298 e. The molecule has 0 spiro atoms. The fourth-order valence-electron chi connectivity index (χ4n) is 2.02. The molecule has 3 rings (SSSR count). The molecule has 0 aliphatic rings. The van der Waals surface area contributed by atoms with Crippen LogP contribution in [-0.4, -0.2) is 10.9 Å². The molecular formula is C16H10FN3OS. The summed E-state index contributed by atoms with van der Waals surface area (Å²) in [6.07, 6.45) is 0. The molecule has 1 amide bonds. The maximum absolute atomic E-state index is 13.8. The summed E-state index contributed by atoms with van der Waals surface area (Å²) in [5, 5.41) is 11.7. The number of nitrogens with zero attached hydrogens (tertiary/aromatic N) is 2. The van der Waals surface area contributed by atoms with E-state index in [2.05, 4.69) is 10.3 Å². The Morgan fingerprint density at radius 1 is 1.32 bits per heavy atom. The van der Waals surface area contributed by atoms with Gasteiger partial charge in [-0.3, -0.25) is 10.1 Å². The first-order valence-electron chi connectivity index (χ1n) is 6.45. The van der Waals surface area contributed by atoms with Gasteiger partial charge in [0.25, 0.3) is 5.91 Å². The summed E-state index contributed by atoms with van der Waals surface area (Å²) < 4.78 is 14.8. The highest BCUT2D eigenvalue weighted by atomic mass is 32.1. The molecule has 0 bridgehead atoms. The number of amides is 1. The maximum atomic E-state index is 13.8. The molecule has 0 unspecified atom stereocenters. The van der Waals surface area contributed by atoms with Crippen LogP contribution in [0.15, 0.2) is 36.4 Å². The van der Waals surface area contributed by atoms with E-state index in [0.29, 0.717) is 5.13 Å². The van der Waals surface area contributed by atoms with Crippen molar-refractivity contribution in [2.24, 2.45) is 0 Å². The number of thiazole rings is 1. The zero-order valence-corrected chi connectivity index (χ0v) is 12.4. The molecular weight excluding hydrogens is 301 g/mol. The quantitative estimate of drug-likeness (QED) is 0.781. The Hall–Kier alpha value is -2.78. The minimum atomic E-state index is -0.728. The second kappa shape index (κ2) is 5.54. The van der Waals surface area contributed by atoms with Gasteiger partial charge in [-0.25, -0.2) is 9.37 Å². The van der Waals surface area contributed by atoms with E-state index < -0.39 is 11.7 Å². The summed E-state index contributed by atoms with van der Waals surface area (Å²) in [5.74, 6) is -1.31. The molecule has 0 radical (unpaired) electrons. The SMILES string of the molecule is Cc1ccc2nc(NC(=O)c3ccc(C#N)cc3F)sc2c1. The van der Waals surface area contributed by atoms with Crippen molar-refractivity contribution < 1.29 is 9.18 Å². The van der Waals surface area contributed by atoms with Gasteiger partial charge in [-0.15, -0.1) is 0 Å². The van der Waals surface area contributed by atoms with E-state index in [1.54, 1.807) is 0 Å². The minimum Gasteiger partial charge on any atom is -0.298 e. The van der Waals surface area contributed by atoms with Crippen molar-refractivity contribution in [3.8, 4) is 6.07 Å². The third kappa shape index (κ3) is 2.67. The molecule has 1 aromatic heterocycles. The van der Waals surface area contributed by atoms with Gasteiger partial charge in [0.2, 0.25) is 0 Å². The van der Waals surface area contributed by atoms with Crippen LogP contribution >= 0.6 is 11.3 Å². The van der Waals surface area contributed by atoms with E-state index in [1.807, 2.05) is 31.2 Å². The zero-order chi connectivity index (χ0) is 15.7. The Labute approximate surface area is 129 Å². The van der Waals surface area contributed by atoms with Crippen LogP contribution in [0, 0.1) is 24.1 Å². The van der Waals surface area contributed by atoms with Gasteiger partial charge >= 0.3 is 0 Å². The molecule has 1 heterocycles. The number of hydrogen-bond acceptors (Lipinski definition) is 4. The van der Waals surface area contributed by atoms with Crippen LogP contribution in [-0.2, 0) is 0 Å². The second-order valence-electron chi connectivity index (χ2n) is 4.75. The number of aryl methyl sites for hydroxylation is 1. The minimum absolute atomic E-state index is 0.116. The van der Waals surface area contributed by atoms with E-state index in [4.69, 9.17) is 5.26 Å². The Morgan fingerprint density at radius 2 is 2.14 bits per heavy atom. The smallest absolute Gasteiger partial charge is 0.260 e. The number of nitrogens with one attached hydrogen (secondary N) is 1. The summed E-state index contributed by atoms with van der Waals surface area (Å²) in [6.45, 7) is 1.98. The van der Waals surface area contributed by atoms with Gasteiger partial charge in [-0.05, 0) is 42.8 Å². The van der Waals surface area contributed by atoms with Gasteiger partial charge in [0.05, 0.1) is 27.4 Å². The molecule has 0 aliphatic carbocycles. The van der Waals surface area contributed by atoms with Crippen molar-refractivity contribution in [3.05, 3.63) is 58.9 Å². The number of aromatic nitrogens is 1. The summed E-state index contributed by atoms with van der Waals surface area (Å²) in [6, 6.07) is 11.3. The fourth-order valence-corrected chi connectivity index (χ4v) is 2.98. The van der Waals surface area contributed by atoms with Gasteiger partial charge in [0.1, 0.15) is 5.82 Å². The number of carbonyl (C=O) groups excluding carboxylic acids is 1. The van der Waals surface area contributed by atoms with Crippen molar-refractivity contribution in [1.29, 1.82) is 5.26 Å². The molecule has 3 aromatic rings.